The van der Waals surface area contributed by atoms with E-state index in [9.17, 15) is 4.79 Å². The normalized spacial score (nSPS) is 12.2. The zero-order valence-corrected chi connectivity index (χ0v) is 10.5. The number of carboxylic acids is 1. The van der Waals surface area contributed by atoms with Gasteiger partial charge in [-0.1, -0.05) is 11.6 Å². The number of hydrogen-bond acceptors (Lipinski definition) is 2. The molecule has 0 aliphatic rings. The van der Waals surface area contributed by atoms with Gasteiger partial charge in [0.1, 0.15) is 0 Å². The fraction of sp³-hybridized carbons (Fsp3) is 0.300. The standard InChI is InChI=1S/C10H11BrClNO2/c1-6(4-10(14)15)13-7-2-3-8(11)9(12)5-7/h2-3,5-6,13H,4H2,1H3,(H,14,15). The Hall–Kier alpha value is -0.740. The van der Waals surface area contributed by atoms with Crippen LogP contribution in [0.3, 0.4) is 0 Å². The Morgan fingerprint density at radius 3 is 2.87 bits per heavy atom. The van der Waals surface area contributed by atoms with Crippen LogP contribution in [0.15, 0.2) is 22.7 Å². The van der Waals surface area contributed by atoms with Crippen LogP contribution in [0, 0.1) is 0 Å². The van der Waals surface area contributed by atoms with Crippen molar-refractivity contribution < 1.29 is 9.90 Å². The van der Waals surface area contributed by atoms with E-state index in [1.165, 1.54) is 0 Å². The molecule has 1 aromatic carbocycles. The summed E-state index contributed by atoms with van der Waals surface area (Å²) in [6.45, 7) is 1.81. The molecular weight excluding hydrogens is 281 g/mol. The number of halogens is 2. The molecule has 0 aliphatic heterocycles. The van der Waals surface area contributed by atoms with Gasteiger partial charge in [0.05, 0.1) is 11.4 Å². The first-order valence-corrected chi connectivity index (χ1v) is 5.59. The highest BCUT2D eigenvalue weighted by molar-refractivity contribution is 9.10. The number of carbonyl (C=O) groups is 1. The lowest BCUT2D eigenvalue weighted by atomic mass is 10.2. The molecule has 0 bridgehead atoms. The summed E-state index contributed by atoms with van der Waals surface area (Å²) >= 11 is 9.18. The Labute approximate surface area is 102 Å². The van der Waals surface area contributed by atoms with E-state index in [1.807, 2.05) is 19.1 Å². The van der Waals surface area contributed by atoms with Crippen molar-refractivity contribution in [3.8, 4) is 0 Å². The summed E-state index contributed by atoms with van der Waals surface area (Å²) in [4.78, 5) is 10.4. The van der Waals surface area contributed by atoms with Crippen LogP contribution in [0.4, 0.5) is 5.69 Å². The topological polar surface area (TPSA) is 49.3 Å². The zero-order chi connectivity index (χ0) is 11.4. The van der Waals surface area contributed by atoms with Gasteiger partial charge in [-0.2, -0.15) is 0 Å². The van der Waals surface area contributed by atoms with E-state index < -0.39 is 5.97 Å². The van der Waals surface area contributed by atoms with Crippen molar-refractivity contribution >= 4 is 39.2 Å². The molecular formula is C10H11BrClNO2. The number of nitrogens with one attached hydrogen (secondary N) is 1. The molecule has 82 valence electrons. The number of anilines is 1. The quantitative estimate of drug-likeness (QED) is 0.894. The van der Waals surface area contributed by atoms with Crippen LogP contribution in [0.25, 0.3) is 0 Å². The van der Waals surface area contributed by atoms with Crippen LogP contribution >= 0.6 is 27.5 Å². The molecule has 0 aliphatic carbocycles. The van der Waals surface area contributed by atoms with Crippen molar-refractivity contribution in [2.24, 2.45) is 0 Å². The minimum atomic E-state index is -0.821. The Balaban J connectivity index is 2.64. The number of aliphatic carboxylic acids is 1. The van der Waals surface area contributed by atoms with Gasteiger partial charge in [-0.25, -0.2) is 0 Å². The van der Waals surface area contributed by atoms with Crippen LogP contribution in [0.1, 0.15) is 13.3 Å². The number of rotatable bonds is 4. The van der Waals surface area contributed by atoms with E-state index in [0.29, 0.717) is 5.02 Å². The van der Waals surface area contributed by atoms with Crippen LogP contribution in [0.5, 0.6) is 0 Å². The summed E-state index contributed by atoms with van der Waals surface area (Å²) in [5, 5.41) is 12.2. The smallest absolute Gasteiger partial charge is 0.305 e. The second-order valence-corrected chi connectivity index (χ2v) is 4.53. The maximum Gasteiger partial charge on any atom is 0.305 e. The van der Waals surface area contributed by atoms with Crippen molar-refractivity contribution in [1.29, 1.82) is 0 Å². The number of carboxylic acid groups (broad SMARTS) is 1. The first-order valence-electron chi connectivity index (χ1n) is 4.42. The largest absolute Gasteiger partial charge is 0.481 e. The summed E-state index contributed by atoms with van der Waals surface area (Å²) in [6.07, 6.45) is 0.0771. The van der Waals surface area contributed by atoms with Gasteiger partial charge in [0.2, 0.25) is 0 Å². The van der Waals surface area contributed by atoms with Gasteiger partial charge in [0.25, 0.3) is 0 Å². The van der Waals surface area contributed by atoms with Gasteiger partial charge >= 0.3 is 5.97 Å². The maximum atomic E-state index is 10.4. The third kappa shape index (κ3) is 4.10. The molecule has 3 nitrogen and oxygen atoms in total. The molecule has 0 saturated carbocycles. The van der Waals surface area contributed by atoms with Crippen LogP contribution in [-0.2, 0) is 4.79 Å². The Kier molecular flexibility index (Phi) is 4.42. The van der Waals surface area contributed by atoms with E-state index in [4.69, 9.17) is 16.7 Å². The van der Waals surface area contributed by atoms with Crippen molar-refractivity contribution in [2.75, 3.05) is 5.32 Å². The van der Waals surface area contributed by atoms with Crippen molar-refractivity contribution in [2.45, 2.75) is 19.4 Å². The molecule has 0 amide bonds. The van der Waals surface area contributed by atoms with Crippen molar-refractivity contribution in [1.82, 2.24) is 0 Å². The summed E-state index contributed by atoms with van der Waals surface area (Å²) in [5.41, 5.74) is 0.817. The lowest BCUT2D eigenvalue weighted by Gasteiger charge is -2.13. The molecule has 0 aromatic heterocycles. The molecule has 1 atom stereocenters. The van der Waals surface area contributed by atoms with Crippen molar-refractivity contribution in [3.05, 3.63) is 27.7 Å². The highest BCUT2D eigenvalue weighted by atomic mass is 79.9. The van der Waals surface area contributed by atoms with Gasteiger partial charge in [-0.3, -0.25) is 4.79 Å². The Morgan fingerprint density at radius 1 is 1.67 bits per heavy atom. The monoisotopic (exact) mass is 291 g/mol. The second kappa shape index (κ2) is 5.37. The average molecular weight is 293 g/mol. The molecule has 0 radical (unpaired) electrons. The summed E-state index contributed by atoms with van der Waals surface area (Å²) in [7, 11) is 0. The van der Waals surface area contributed by atoms with Crippen LogP contribution in [0.2, 0.25) is 5.02 Å². The summed E-state index contributed by atoms with van der Waals surface area (Å²) < 4.78 is 0.820. The predicted octanol–water partition coefficient (Wildman–Crippen LogP) is 3.38. The van der Waals surface area contributed by atoms with E-state index in [2.05, 4.69) is 21.2 Å². The summed E-state index contributed by atoms with van der Waals surface area (Å²) in [6, 6.07) is 5.29. The van der Waals surface area contributed by atoms with E-state index in [0.717, 1.165) is 10.2 Å². The SMILES string of the molecule is CC(CC(=O)O)Nc1ccc(Br)c(Cl)c1. The van der Waals surface area contributed by atoms with Gasteiger partial charge in [0.15, 0.2) is 0 Å². The maximum absolute atomic E-state index is 10.4. The predicted molar refractivity (Wildman–Crippen MR) is 64.5 cm³/mol. The minimum Gasteiger partial charge on any atom is -0.481 e. The van der Waals surface area contributed by atoms with E-state index >= 15 is 0 Å². The first kappa shape index (κ1) is 12.3. The molecule has 0 spiro atoms. The highest BCUT2D eigenvalue weighted by Gasteiger charge is 2.07. The fourth-order valence-corrected chi connectivity index (χ4v) is 1.61. The minimum absolute atomic E-state index is 0.0771. The molecule has 1 rings (SSSR count). The third-order valence-electron chi connectivity index (χ3n) is 1.81. The number of hydrogen-bond donors (Lipinski definition) is 2. The Bertz CT molecular complexity index is 370. The molecule has 1 aromatic rings. The van der Waals surface area contributed by atoms with Gasteiger partial charge in [-0.05, 0) is 41.1 Å². The van der Waals surface area contributed by atoms with Gasteiger partial charge in [-0.15, -0.1) is 0 Å². The molecule has 5 heteroatoms. The lowest BCUT2D eigenvalue weighted by Crippen LogP contribution is -2.19. The average Bonchev–Trinajstić information content (AvgIpc) is 2.10. The van der Waals surface area contributed by atoms with Crippen LogP contribution < -0.4 is 5.32 Å². The van der Waals surface area contributed by atoms with Crippen molar-refractivity contribution in [3.63, 3.8) is 0 Å². The van der Waals surface area contributed by atoms with Gasteiger partial charge in [0, 0.05) is 16.2 Å². The molecule has 1 unspecified atom stereocenters. The number of benzene rings is 1. The molecule has 15 heavy (non-hydrogen) atoms. The molecule has 2 N–H and O–H groups in total. The van der Waals surface area contributed by atoms with E-state index in [-0.39, 0.29) is 12.5 Å². The fourth-order valence-electron chi connectivity index (χ4n) is 1.18. The second-order valence-electron chi connectivity index (χ2n) is 3.27. The summed E-state index contributed by atoms with van der Waals surface area (Å²) in [5.74, 6) is -0.821. The van der Waals surface area contributed by atoms with E-state index in [1.54, 1.807) is 6.07 Å². The molecule has 0 heterocycles. The Morgan fingerprint density at radius 2 is 2.33 bits per heavy atom. The molecule has 0 saturated heterocycles. The zero-order valence-electron chi connectivity index (χ0n) is 8.13. The third-order valence-corrected chi connectivity index (χ3v) is 3.05. The van der Waals surface area contributed by atoms with Gasteiger partial charge < -0.3 is 10.4 Å². The van der Waals surface area contributed by atoms with Crippen LogP contribution in [-0.4, -0.2) is 17.1 Å². The molecule has 0 fully saturated rings. The highest BCUT2D eigenvalue weighted by Crippen LogP contribution is 2.25. The lowest BCUT2D eigenvalue weighted by molar-refractivity contribution is -0.137. The first-order chi connectivity index (χ1) is 6.99.